The van der Waals surface area contributed by atoms with Crippen molar-refractivity contribution < 1.29 is 10.2 Å². The Morgan fingerprint density at radius 3 is 3.05 bits per heavy atom. The zero-order valence-corrected chi connectivity index (χ0v) is 12.1. The first-order valence-electron chi connectivity index (χ1n) is 6.76. The Labute approximate surface area is 118 Å². The van der Waals surface area contributed by atoms with E-state index in [1.807, 2.05) is 0 Å². The minimum absolute atomic E-state index is 0.119. The molecule has 0 radical (unpaired) electrons. The highest BCUT2D eigenvalue weighted by atomic mass is 32.1. The van der Waals surface area contributed by atoms with Gasteiger partial charge in [0.2, 0.25) is 0 Å². The molecule has 2 heterocycles. The van der Waals surface area contributed by atoms with Gasteiger partial charge in [-0.3, -0.25) is 4.90 Å². The van der Waals surface area contributed by atoms with Crippen molar-refractivity contribution in [1.82, 2.24) is 4.90 Å². The summed E-state index contributed by atoms with van der Waals surface area (Å²) >= 11 is 1.72. The fourth-order valence-corrected chi connectivity index (χ4v) is 3.37. The molecule has 1 fully saturated rings. The van der Waals surface area contributed by atoms with Crippen molar-refractivity contribution in [2.75, 3.05) is 19.8 Å². The molecule has 0 aliphatic carbocycles. The molecule has 3 nitrogen and oxygen atoms in total. The molecule has 2 atom stereocenters. The molecule has 2 unspecified atom stereocenters. The second-order valence-electron chi connectivity index (χ2n) is 5.06. The Morgan fingerprint density at radius 1 is 1.47 bits per heavy atom. The van der Waals surface area contributed by atoms with E-state index in [1.165, 1.54) is 11.3 Å². The summed E-state index contributed by atoms with van der Waals surface area (Å²) in [6.07, 6.45) is 1.70. The first-order chi connectivity index (χ1) is 9.24. The van der Waals surface area contributed by atoms with E-state index in [2.05, 4.69) is 35.1 Å². The fourth-order valence-electron chi connectivity index (χ4n) is 2.53. The normalized spacial score (nSPS) is 23.3. The third-order valence-electron chi connectivity index (χ3n) is 3.67. The van der Waals surface area contributed by atoms with Crippen molar-refractivity contribution in [3.8, 4) is 11.8 Å². The van der Waals surface area contributed by atoms with Crippen LogP contribution in [0.1, 0.15) is 30.2 Å². The minimum Gasteiger partial charge on any atom is -0.395 e. The molecular weight excluding hydrogens is 258 g/mol. The van der Waals surface area contributed by atoms with E-state index in [4.69, 9.17) is 5.11 Å². The van der Waals surface area contributed by atoms with Gasteiger partial charge in [-0.2, -0.15) is 0 Å². The summed E-state index contributed by atoms with van der Waals surface area (Å²) < 4.78 is 0. The molecule has 2 N–H and O–H groups in total. The second kappa shape index (κ2) is 7.06. The smallest absolute Gasteiger partial charge is 0.0589 e. The number of aliphatic hydroxyl groups is 2. The van der Waals surface area contributed by atoms with Gasteiger partial charge in [0, 0.05) is 34.8 Å². The Kier molecular flexibility index (Phi) is 5.41. The summed E-state index contributed by atoms with van der Waals surface area (Å²) in [6.45, 7) is 4.54. The predicted molar refractivity (Wildman–Crippen MR) is 78.0 cm³/mol. The van der Waals surface area contributed by atoms with E-state index in [0.717, 1.165) is 18.7 Å². The van der Waals surface area contributed by atoms with E-state index < -0.39 is 0 Å². The molecular formula is C15H21NO2S. The third kappa shape index (κ3) is 3.80. The second-order valence-corrected chi connectivity index (χ2v) is 6.06. The first kappa shape index (κ1) is 14.5. The van der Waals surface area contributed by atoms with Gasteiger partial charge in [-0.15, -0.1) is 11.3 Å². The van der Waals surface area contributed by atoms with E-state index in [9.17, 15) is 5.11 Å². The minimum atomic E-state index is 0.119. The van der Waals surface area contributed by atoms with E-state index in [-0.39, 0.29) is 13.2 Å². The van der Waals surface area contributed by atoms with E-state index in [1.54, 1.807) is 11.3 Å². The highest BCUT2D eigenvalue weighted by Gasteiger charge is 2.30. The topological polar surface area (TPSA) is 43.7 Å². The molecule has 104 valence electrons. The molecule has 2 rings (SSSR count). The number of rotatable bonds is 4. The summed E-state index contributed by atoms with van der Waals surface area (Å²) in [5, 5.41) is 20.2. The average Bonchev–Trinajstić information content (AvgIpc) is 2.98. The summed E-state index contributed by atoms with van der Waals surface area (Å²) in [5.74, 6) is 6.57. The van der Waals surface area contributed by atoms with Crippen molar-refractivity contribution in [3.05, 3.63) is 21.9 Å². The largest absolute Gasteiger partial charge is 0.395 e. The van der Waals surface area contributed by atoms with Gasteiger partial charge in [0.05, 0.1) is 13.2 Å². The molecule has 19 heavy (non-hydrogen) atoms. The maximum absolute atomic E-state index is 9.45. The lowest BCUT2D eigenvalue weighted by molar-refractivity contribution is 0.135. The molecule has 0 bridgehead atoms. The quantitative estimate of drug-likeness (QED) is 0.824. The number of nitrogens with zero attached hydrogens (tertiary/aromatic N) is 1. The summed E-state index contributed by atoms with van der Waals surface area (Å²) in [4.78, 5) is 3.65. The maximum Gasteiger partial charge on any atom is 0.0589 e. The van der Waals surface area contributed by atoms with Crippen molar-refractivity contribution in [2.45, 2.75) is 32.4 Å². The number of thiophene rings is 1. The number of hydrogen-bond acceptors (Lipinski definition) is 4. The zero-order chi connectivity index (χ0) is 13.7. The van der Waals surface area contributed by atoms with E-state index >= 15 is 0 Å². The summed E-state index contributed by atoms with van der Waals surface area (Å²) in [5.41, 5.74) is 1.03. The molecule has 1 saturated heterocycles. The number of aliphatic hydroxyl groups excluding tert-OH is 2. The van der Waals surface area contributed by atoms with Gasteiger partial charge in [-0.1, -0.05) is 18.8 Å². The molecule has 1 aliphatic rings. The number of hydrogen-bond donors (Lipinski definition) is 2. The molecule has 0 amide bonds. The highest BCUT2D eigenvalue weighted by Crippen LogP contribution is 2.27. The SMILES string of the molecule is CC1CCN(Cc2cc(C#CCCO)cs2)C1CO. The molecule has 1 aromatic rings. The Balaban J connectivity index is 1.95. The van der Waals surface area contributed by atoms with Gasteiger partial charge in [0.1, 0.15) is 0 Å². The molecule has 0 saturated carbocycles. The van der Waals surface area contributed by atoms with Crippen LogP contribution in [0, 0.1) is 17.8 Å². The Morgan fingerprint density at radius 2 is 2.32 bits per heavy atom. The number of likely N-dealkylation sites (tertiary alicyclic amines) is 1. The third-order valence-corrected chi connectivity index (χ3v) is 4.59. The van der Waals surface area contributed by atoms with Crippen molar-refractivity contribution >= 4 is 11.3 Å². The van der Waals surface area contributed by atoms with Gasteiger partial charge in [0.15, 0.2) is 0 Å². The zero-order valence-electron chi connectivity index (χ0n) is 11.3. The lowest BCUT2D eigenvalue weighted by Crippen LogP contribution is -2.34. The van der Waals surface area contributed by atoms with Crippen LogP contribution in [0.25, 0.3) is 0 Å². The average molecular weight is 279 g/mol. The van der Waals surface area contributed by atoms with Gasteiger partial charge in [0.25, 0.3) is 0 Å². The highest BCUT2D eigenvalue weighted by molar-refractivity contribution is 7.10. The van der Waals surface area contributed by atoms with Crippen molar-refractivity contribution in [3.63, 3.8) is 0 Å². The van der Waals surface area contributed by atoms with Crippen molar-refractivity contribution in [1.29, 1.82) is 0 Å². The van der Waals surface area contributed by atoms with Crippen LogP contribution in [0.5, 0.6) is 0 Å². The van der Waals surface area contributed by atoms with Crippen LogP contribution in [0.4, 0.5) is 0 Å². The van der Waals surface area contributed by atoms with Gasteiger partial charge in [-0.05, 0) is 24.9 Å². The van der Waals surface area contributed by atoms with Gasteiger partial charge >= 0.3 is 0 Å². The lowest BCUT2D eigenvalue weighted by atomic mass is 10.0. The standard InChI is InChI=1S/C15H21NO2S/c1-12-5-6-16(15(12)10-18)9-14-8-13(11-19-14)4-2-3-7-17/h8,11-12,15,17-18H,3,5-7,9-10H2,1H3. The Hall–Kier alpha value is -0.860. The van der Waals surface area contributed by atoms with Crippen LogP contribution in [-0.4, -0.2) is 40.9 Å². The van der Waals surface area contributed by atoms with E-state index in [0.29, 0.717) is 18.4 Å². The fraction of sp³-hybridized carbons (Fsp3) is 0.600. The van der Waals surface area contributed by atoms with Gasteiger partial charge < -0.3 is 10.2 Å². The molecule has 0 spiro atoms. The summed E-state index contributed by atoms with van der Waals surface area (Å²) in [6, 6.07) is 2.41. The molecule has 1 aromatic heterocycles. The van der Waals surface area contributed by atoms with Crippen LogP contribution in [0.2, 0.25) is 0 Å². The molecule has 0 aromatic carbocycles. The van der Waals surface area contributed by atoms with Crippen LogP contribution >= 0.6 is 11.3 Å². The van der Waals surface area contributed by atoms with Crippen LogP contribution < -0.4 is 0 Å². The molecule has 1 aliphatic heterocycles. The van der Waals surface area contributed by atoms with Crippen LogP contribution in [0.15, 0.2) is 11.4 Å². The van der Waals surface area contributed by atoms with Crippen LogP contribution in [-0.2, 0) is 6.54 Å². The maximum atomic E-state index is 9.45. The van der Waals surface area contributed by atoms with Crippen LogP contribution in [0.3, 0.4) is 0 Å². The Bertz CT molecular complexity index is 460. The van der Waals surface area contributed by atoms with Gasteiger partial charge in [-0.25, -0.2) is 0 Å². The molecule has 4 heteroatoms. The first-order valence-corrected chi connectivity index (χ1v) is 7.64. The predicted octanol–water partition coefficient (Wildman–Crippen LogP) is 1.68. The van der Waals surface area contributed by atoms with Crippen molar-refractivity contribution in [2.24, 2.45) is 5.92 Å². The monoisotopic (exact) mass is 279 g/mol. The lowest BCUT2D eigenvalue weighted by Gasteiger charge is -2.24. The summed E-state index contributed by atoms with van der Waals surface area (Å²) in [7, 11) is 0.